The van der Waals surface area contributed by atoms with Crippen molar-refractivity contribution in [1.29, 1.82) is 0 Å². The first-order chi connectivity index (χ1) is 9.29. The van der Waals surface area contributed by atoms with Gasteiger partial charge in [0.2, 0.25) is 0 Å². The number of benzene rings is 2. The molecule has 0 aromatic heterocycles. The summed E-state index contributed by atoms with van der Waals surface area (Å²) in [5.41, 5.74) is 3.50. The highest BCUT2D eigenvalue weighted by atomic mass is 79.9. The number of aliphatic hydroxyl groups excluding tert-OH is 1. The van der Waals surface area contributed by atoms with Crippen LogP contribution in [0.15, 0.2) is 53.0 Å². The van der Waals surface area contributed by atoms with Crippen LogP contribution in [-0.4, -0.2) is 24.4 Å². The second-order valence-corrected chi connectivity index (χ2v) is 5.67. The van der Waals surface area contributed by atoms with E-state index in [1.165, 1.54) is 5.56 Å². The molecule has 0 spiro atoms. The summed E-state index contributed by atoms with van der Waals surface area (Å²) in [5.74, 6) is 0.0693. The minimum Gasteiger partial charge on any atom is -0.396 e. The van der Waals surface area contributed by atoms with Crippen molar-refractivity contribution in [2.75, 3.05) is 13.2 Å². The van der Waals surface area contributed by atoms with Gasteiger partial charge in [-0.05, 0) is 28.8 Å². The highest BCUT2D eigenvalue weighted by molar-refractivity contribution is 9.10. The smallest absolute Gasteiger partial charge is 0.0900 e. The fourth-order valence-corrected chi connectivity index (χ4v) is 2.68. The molecule has 3 heteroatoms. The monoisotopic (exact) mass is 318 g/mol. The number of ether oxygens (including phenoxy) is 1. The standard InChI is InChI=1S/C16H15BrO2/c17-12-7-5-11(6-8-12)13-3-1-2-4-14(13)15(9-18)16-10-19-16/h1-8,15-16,18H,9-10H2. The summed E-state index contributed by atoms with van der Waals surface area (Å²) in [7, 11) is 0. The predicted molar refractivity (Wildman–Crippen MR) is 79.1 cm³/mol. The lowest BCUT2D eigenvalue weighted by atomic mass is 9.89. The molecule has 1 fully saturated rings. The van der Waals surface area contributed by atoms with Crippen LogP contribution in [0.3, 0.4) is 0 Å². The molecule has 0 amide bonds. The van der Waals surface area contributed by atoms with Crippen LogP contribution in [-0.2, 0) is 4.74 Å². The SMILES string of the molecule is OCC(c1ccccc1-c1ccc(Br)cc1)C1CO1. The lowest BCUT2D eigenvalue weighted by Crippen LogP contribution is -2.12. The fraction of sp³-hybridized carbons (Fsp3) is 0.250. The van der Waals surface area contributed by atoms with E-state index < -0.39 is 0 Å². The molecule has 1 aliphatic heterocycles. The molecule has 0 aliphatic carbocycles. The van der Waals surface area contributed by atoms with Crippen LogP contribution < -0.4 is 0 Å². The largest absolute Gasteiger partial charge is 0.396 e. The van der Waals surface area contributed by atoms with Crippen molar-refractivity contribution in [2.45, 2.75) is 12.0 Å². The van der Waals surface area contributed by atoms with Crippen LogP contribution >= 0.6 is 15.9 Å². The molecule has 2 atom stereocenters. The summed E-state index contributed by atoms with van der Waals surface area (Å²) in [6.45, 7) is 0.873. The van der Waals surface area contributed by atoms with Gasteiger partial charge in [-0.1, -0.05) is 52.3 Å². The fourth-order valence-electron chi connectivity index (χ4n) is 2.42. The van der Waals surface area contributed by atoms with Gasteiger partial charge in [0.05, 0.1) is 19.3 Å². The van der Waals surface area contributed by atoms with Crippen molar-refractivity contribution in [2.24, 2.45) is 0 Å². The van der Waals surface area contributed by atoms with Crippen LogP contribution in [0.1, 0.15) is 11.5 Å². The molecule has 1 saturated heterocycles. The van der Waals surface area contributed by atoms with Gasteiger partial charge in [0.25, 0.3) is 0 Å². The minimum absolute atomic E-state index is 0.0693. The molecule has 19 heavy (non-hydrogen) atoms. The van der Waals surface area contributed by atoms with Gasteiger partial charge in [0, 0.05) is 10.4 Å². The lowest BCUT2D eigenvalue weighted by molar-refractivity contribution is 0.236. The minimum atomic E-state index is 0.0693. The van der Waals surface area contributed by atoms with Crippen molar-refractivity contribution in [3.63, 3.8) is 0 Å². The van der Waals surface area contributed by atoms with Gasteiger partial charge in [0.1, 0.15) is 0 Å². The van der Waals surface area contributed by atoms with Crippen LogP contribution in [0, 0.1) is 0 Å². The predicted octanol–water partition coefficient (Wildman–Crippen LogP) is 3.59. The Morgan fingerprint density at radius 2 is 1.84 bits per heavy atom. The van der Waals surface area contributed by atoms with Gasteiger partial charge in [-0.2, -0.15) is 0 Å². The van der Waals surface area contributed by atoms with E-state index in [-0.39, 0.29) is 18.6 Å². The quantitative estimate of drug-likeness (QED) is 0.874. The van der Waals surface area contributed by atoms with Crippen LogP contribution in [0.25, 0.3) is 11.1 Å². The zero-order valence-corrected chi connectivity index (χ0v) is 12.0. The van der Waals surface area contributed by atoms with E-state index in [9.17, 15) is 5.11 Å². The Labute approximate surface area is 121 Å². The highest BCUT2D eigenvalue weighted by Crippen LogP contribution is 2.36. The van der Waals surface area contributed by atoms with Crippen molar-refractivity contribution < 1.29 is 9.84 Å². The molecular weight excluding hydrogens is 304 g/mol. The Bertz CT molecular complexity index is 561. The zero-order valence-electron chi connectivity index (χ0n) is 10.4. The molecule has 1 aliphatic rings. The molecule has 1 heterocycles. The first-order valence-electron chi connectivity index (χ1n) is 6.37. The molecule has 2 aromatic carbocycles. The summed E-state index contributed by atoms with van der Waals surface area (Å²) < 4.78 is 6.43. The van der Waals surface area contributed by atoms with Gasteiger partial charge in [-0.15, -0.1) is 0 Å². The number of halogens is 1. The third-order valence-electron chi connectivity index (χ3n) is 3.52. The molecule has 0 radical (unpaired) electrons. The van der Waals surface area contributed by atoms with Gasteiger partial charge in [0.15, 0.2) is 0 Å². The average Bonchev–Trinajstić information content (AvgIpc) is 3.26. The molecule has 1 N–H and O–H groups in total. The summed E-state index contributed by atoms with van der Waals surface area (Å²) in [5, 5.41) is 9.62. The zero-order chi connectivity index (χ0) is 13.2. The Balaban J connectivity index is 2.03. The first-order valence-corrected chi connectivity index (χ1v) is 7.16. The maximum atomic E-state index is 9.62. The second kappa shape index (κ2) is 5.45. The van der Waals surface area contributed by atoms with Gasteiger partial charge >= 0.3 is 0 Å². The van der Waals surface area contributed by atoms with Crippen LogP contribution in [0.4, 0.5) is 0 Å². The Morgan fingerprint density at radius 3 is 2.47 bits per heavy atom. The third kappa shape index (κ3) is 2.73. The molecular formula is C16H15BrO2. The van der Waals surface area contributed by atoms with E-state index in [0.29, 0.717) is 0 Å². The number of epoxide rings is 1. The Morgan fingerprint density at radius 1 is 1.16 bits per heavy atom. The van der Waals surface area contributed by atoms with Crippen molar-refractivity contribution in [3.05, 3.63) is 58.6 Å². The molecule has 98 valence electrons. The maximum absolute atomic E-state index is 9.62. The van der Waals surface area contributed by atoms with Gasteiger partial charge in [-0.25, -0.2) is 0 Å². The topological polar surface area (TPSA) is 32.8 Å². The van der Waals surface area contributed by atoms with Gasteiger partial charge in [-0.3, -0.25) is 0 Å². The molecule has 2 nitrogen and oxygen atoms in total. The van der Waals surface area contributed by atoms with E-state index in [4.69, 9.17) is 4.74 Å². The summed E-state index contributed by atoms with van der Waals surface area (Å²) >= 11 is 3.45. The van der Waals surface area contributed by atoms with Crippen LogP contribution in [0.5, 0.6) is 0 Å². The first kappa shape index (κ1) is 12.9. The molecule has 0 saturated carbocycles. The van der Waals surface area contributed by atoms with E-state index in [1.54, 1.807) is 0 Å². The maximum Gasteiger partial charge on any atom is 0.0900 e. The Kier molecular flexibility index (Phi) is 3.69. The number of rotatable bonds is 4. The van der Waals surface area contributed by atoms with Crippen molar-refractivity contribution in [1.82, 2.24) is 0 Å². The normalized spacial score (nSPS) is 19.2. The number of hydrogen-bond donors (Lipinski definition) is 1. The average molecular weight is 319 g/mol. The van der Waals surface area contributed by atoms with E-state index in [0.717, 1.165) is 22.2 Å². The summed E-state index contributed by atoms with van der Waals surface area (Å²) in [4.78, 5) is 0. The summed E-state index contributed by atoms with van der Waals surface area (Å²) in [6, 6.07) is 16.5. The highest BCUT2D eigenvalue weighted by Gasteiger charge is 2.34. The van der Waals surface area contributed by atoms with E-state index >= 15 is 0 Å². The molecule has 2 unspecified atom stereocenters. The summed E-state index contributed by atoms with van der Waals surface area (Å²) in [6.07, 6.45) is 0.168. The van der Waals surface area contributed by atoms with E-state index in [1.807, 2.05) is 24.3 Å². The van der Waals surface area contributed by atoms with Gasteiger partial charge < -0.3 is 9.84 Å². The van der Waals surface area contributed by atoms with Crippen molar-refractivity contribution in [3.8, 4) is 11.1 Å². The number of hydrogen-bond acceptors (Lipinski definition) is 2. The lowest BCUT2D eigenvalue weighted by Gasteiger charge is -2.17. The molecule has 2 aromatic rings. The number of aliphatic hydroxyl groups is 1. The molecule has 3 rings (SSSR count). The third-order valence-corrected chi connectivity index (χ3v) is 4.05. The molecule has 0 bridgehead atoms. The van der Waals surface area contributed by atoms with Crippen LogP contribution in [0.2, 0.25) is 0 Å². The second-order valence-electron chi connectivity index (χ2n) is 4.75. The van der Waals surface area contributed by atoms with E-state index in [2.05, 4.69) is 40.2 Å². The Hall–Kier alpha value is -1.16. The van der Waals surface area contributed by atoms with Crippen molar-refractivity contribution >= 4 is 15.9 Å².